The van der Waals surface area contributed by atoms with Crippen LogP contribution >= 0.6 is 0 Å². The lowest BCUT2D eigenvalue weighted by Gasteiger charge is -2.08. The van der Waals surface area contributed by atoms with Crippen molar-refractivity contribution in [3.8, 4) is 6.07 Å². The molecule has 0 heterocycles. The molecule has 1 aromatic rings. The molecule has 0 fully saturated rings. The Morgan fingerprint density at radius 2 is 2.25 bits per heavy atom. The molecule has 0 aliphatic heterocycles. The number of ether oxygens (including phenoxy) is 1. The Labute approximate surface area is 94.6 Å². The number of nitrogens with two attached hydrogens (primary N) is 1. The first-order valence-electron chi connectivity index (χ1n) is 4.91. The summed E-state index contributed by atoms with van der Waals surface area (Å²) in [6, 6.07) is 5.63. The fraction of sp³-hybridized carbons (Fsp3) is 0.333. The van der Waals surface area contributed by atoms with Gasteiger partial charge in [-0.2, -0.15) is 5.26 Å². The van der Waals surface area contributed by atoms with Crippen LogP contribution in [0.25, 0.3) is 0 Å². The maximum absolute atomic E-state index is 11.1. The van der Waals surface area contributed by atoms with E-state index >= 15 is 0 Å². The Hall–Kier alpha value is -1.86. The number of hydrogen-bond acceptors (Lipinski definition) is 4. The van der Waals surface area contributed by atoms with Gasteiger partial charge < -0.3 is 10.5 Å². The number of carbonyl (C=O) groups is 1. The zero-order valence-corrected chi connectivity index (χ0v) is 9.41. The van der Waals surface area contributed by atoms with Crippen LogP contribution in [0.2, 0.25) is 0 Å². The van der Waals surface area contributed by atoms with Crippen molar-refractivity contribution in [2.24, 2.45) is 5.73 Å². The smallest absolute Gasteiger partial charge is 0.309 e. The molecule has 4 nitrogen and oxygen atoms in total. The number of esters is 1. The summed E-state index contributed by atoms with van der Waals surface area (Å²) < 4.78 is 4.58. The van der Waals surface area contributed by atoms with E-state index in [1.165, 1.54) is 7.11 Å². The molecule has 0 saturated carbocycles. The van der Waals surface area contributed by atoms with E-state index in [0.29, 0.717) is 12.1 Å². The zero-order chi connectivity index (χ0) is 12.1. The summed E-state index contributed by atoms with van der Waals surface area (Å²) in [6.07, 6.45) is 0.177. The Kier molecular flexibility index (Phi) is 4.03. The van der Waals surface area contributed by atoms with Crippen LogP contribution in [0, 0.1) is 18.3 Å². The molecule has 0 unspecified atom stereocenters. The van der Waals surface area contributed by atoms with E-state index in [1.54, 1.807) is 6.07 Å². The topological polar surface area (TPSA) is 76.1 Å². The van der Waals surface area contributed by atoms with Gasteiger partial charge in [-0.15, -0.1) is 0 Å². The predicted molar refractivity (Wildman–Crippen MR) is 59.5 cm³/mol. The van der Waals surface area contributed by atoms with Gasteiger partial charge in [0.15, 0.2) is 0 Å². The largest absolute Gasteiger partial charge is 0.469 e. The van der Waals surface area contributed by atoms with Crippen molar-refractivity contribution in [3.63, 3.8) is 0 Å². The lowest BCUT2D eigenvalue weighted by Crippen LogP contribution is -2.08. The lowest BCUT2D eigenvalue weighted by atomic mass is 9.98. The highest BCUT2D eigenvalue weighted by Gasteiger charge is 2.09. The summed E-state index contributed by atoms with van der Waals surface area (Å²) in [5.74, 6) is -0.316. The van der Waals surface area contributed by atoms with Crippen molar-refractivity contribution >= 4 is 5.97 Å². The Morgan fingerprint density at radius 3 is 2.75 bits per heavy atom. The summed E-state index contributed by atoms with van der Waals surface area (Å²) in [5.41, 5.74) is 8.63. The quantitative estimate of drug-likeness (QED) is 0.769. The standard InChI is InChI=1S/C12H14N2O2/c1-8-3-9(5-12(15)16-2)4-10(6-13)11(8)7-14/h3-4H,5,7,14H2,1-2H3. The lowest BCUT2D eigenvalue weighted by molar-refractivity contribution is -0.139. The second-order valence-corrected chi connectivity index (χ2v) is 3.51. The van der Waals surface area contributed by atoms with E-state index in [4.69, 9.17) is 11.0 Å². The van der Waals surface area contributed by atoms with Crippen molar-refractivity contribution in [1.82, 2.24) is 0 Å². The highest BCUT2D eigenvalue weighted by molar-refractivity contribution is 5.72. The minimum absolute atomic E-state index is 0.177. The summed E-state index contributed by atoms with van der Waals surface area (Å²) in [4.78, 5) is 11.1. The normalized spacial score (nSPS) is 9.62. The number of methoxy groups -OCH3 is 1. The number of aryl methyl sites for hydroxylation is 1. The molecule has 0 saturated heterocycles. The van der Waals surface area contributed by atoms with Crippen LogP contribution in [0.1, 0.15) is 22.3 Å². The van der Waals surface area contributed by atoms with Gasteiger partial charge in [-0.3, -0.25) is 4.79 Å². The number of nitrogens with zero attached hydrogens (tertiary/aromatic N) is 1. The van der Waals surface area contributed by atoms with Crippen molar-refractivity contribution in [1.29, 1.82) is 5.26 Å². The first kappa shape index (κ1) is 12.2. The molecule has 0 aliphatic carbocycles. The summed E-state index contributed by atoms with van der Waals surface area (Å²) >= 11 is 0. The molecule has 2 N–H and O–H groups in total. The van der Waals surface area contributed by atoms with Crippen LogP contribution in [0.15, 0.2) is 12.1 Å². The van der Waals surface area contributed by atoms with E-state index in [1.807, 2.05) is 13.0 Å². The Bertz CT molecular complexity index is 447. The van der Waals surface area contributed by atoms with Crippen LogP contribution in [-0.2, 0) is 22.5 Å². The number of benzene rings is 1. The second kappa shape index (κ2) is 5.29. The molecule has 1 aromatic carbocycles. The molecule has 0 amide bonds. The Morgan fingerprint density at radius 1 is 1.56 bits per heavy atom. The molecule has 4 heteroatoms. The van der Waals surface area contributed by atoms with Crippen molar-refractivity contribution in [2.45, 2.75) is 19.9 Å². The van der Waals surface area contributed by atoms with Crippen LogP contribution in [0.5, 0.6) is 0 Å². The predicted octanol–water partition coefficient (Wildman–Crippen LogP) is 1.04. The van der Waals surface area contributed by atoms with Gasteiger partial charge in [0.1, 0.15) is 0 Å². The van der Waals surface area contributed by atoms with Gasteiger partial charge >= 0.3 is 5.97 Å². The third-order valence-corrected chi connectivity index (χ3v) is 2.43. The van der Waals surface area contributed by atoms with Crippen molar-refractivity contribution < 1.29 is 9.53 Å². The van der Waals surface area contributed by atoms with Crippen LogP contribution in [0.3, 0.4) is 0 Å². The average molecular weight is 218 g/mol. The molecule has 0 aromatic heterocycles. The molecular weight excluding hydrogens is 204 g/mol. The number of hydrogen-bond donors (Lipinski definition) is 1. The van der Waals surface area contributed by atoms with Gasteiger partial charge in [-0.1, -0.05) is 6.07 Å². The van der Waals surface area contributed by atoms with Crippen molar-refractivity contribution in [3.05, 3.63) is 34.4 Å². The first-order valence-corrected chi connectivity index (χ1v) is 4.91. The van der Waals surface area contributed by atoms with Gasteiger partial charge in [0.25, 0.3) is 0 Å². The fourth-order valence-electron chi connectivity index (χ4n) is 1.60. The number of nitriles is 1. The maximum atomic E-state index is 11.1. The molecule has 16 heavy (non-hydrogen) atoms. The van der Waals surface area contributed by atoms with Gasteiger partial charge in [-0.25, -0.2) is 0 Å². The van der Waals surface area contributed by atoms with Gasteiger partial charge in [0.05, 0.1) is 25.2 Å². The third kappa shape index (κ3) is 2.59. The Balaban J connectivity index is 3.12. The van der Waals surface area contributed by atoms with E-state index in [0.717, 1.165) is 16.7 Å². The van der Waals surface area contributed by atoms with E-state index in [2.05, 4.69) is 10.8 Å². The van der Waals surface area contributed by atoms with Crippen molar-refractivity contribution in [2.75, 3.05) is 7.11 Å². The molecule has 0 spiro atoms. The van der Waals surface area contributed by atoms with E-state index in [-0.39, 0.29) is 12.4 Å². The highest BCUT2D eigenvalue weighted by atomic mass is 16.5. The first-order chi connectivity index (χ1) is 7.62. The summed E-state index contributed by atoms with van der Waals surface area (Å²) in [6.45, 7) is 2.21. The molecule has 0 radical (unpaired) electrons. The minimum Gasteiger partial charge on any atom is -0.469 e. The molecule has 84 valence electrons. The van der Waals surface area contributed by atoms with Gasteiger partial charge in [0.2, 0.25) is 0 Å². The molecular formula is C12H14N2O2. The molecule has 0 bridgehead atoms. The van der Waals surface area contributed by atoms with Crippen LogP contribution in [0.4, 0.5) is 0 Å². The summed E-state index contributed by atoms with van der Waals surface area (Å²) in [5, 5.41) is 8.97. The monoisotopic (exact) mass is 218 g/mol. The van der Waals surface area contributed by atoms with Gasteiger partial charge in [0, 0.05) is 6.54 Å². The minimum atomic E-state index is -0.316. The SMILES string of the molecule is COC(=O)Cc1cc(C)c(CN)c(C#N)c1. The maximum Gasteiger partial charge on any atom is 0.309 e. The van der Waals surface area contributed by atoms with Crippen LogP contribution < -0.4 is 5.73 Å². The fourth-order valence-corrected chi connectivity index (χ4v) is 1.60. The number of rotatable bonds is 3. The highest BCUT2D eigenvalue weighted by Crippen LogP contribution is 2.17. The van der Waals surface area contributed by atoms with Crippen LogP contribution in [-0.4, -0.2) is 13.1 Å². The van der Waals surface area contributed by atoms with Gasteiger partial charge in [-0.05, 0) is 29.7 Å². The molecule has 1 rings (SSSR count). The van der Waals surface area contributed by atoms with E-state index < -0.39 is 0 Å². The average Bonchev–Trinajstić information content (AvgIpc) is 2.28. The third-order valence-electron chi connectivity index (χ3n) is 2.43. The van der Waals surface area contributed by atoms with E-state index in [9.17, 15) is 4.79 Å². The molecule has 0 aliphatic rings. The number of carbonyl (C=O) groups excluding carboxylic acids is 1. The summed E-state index contributed by atoms with van der Waals surface area (Å²) in [7, 11) is 1.34. The molecule has 0 atom stereocenters. The zero-order valence-electron chi connectivity index (χ0n) is 9.41. The second-order valence-electron chi connectivity index (χ2n) is 3.51.